The lowest BCUT2D eigenvalue weighted by Gasteiger charge is -2.08. The molecule has 0 saturated heterocycles. The van der Waals surface area contributed by atoms with E-state index in [1.807, 2.05) is 48.0 Å². The topological polar surface area (TPSA) is 111 Å². The van der Waals surface area contributed by atoms with Gasteiger partial charge in [-0.25, -0.2) is 24.9 Å². The molecule has 0 aliphatic rings. The van der Waals surface area contributed by atoms with Crippen LogP contribution in [0.25, 0.3) is 39.4 Å². The predicted molar refractivity (Wildman–Crippen MR) is 98.7 cm³/mol. The Bertz CT molecular complexity index is 1270. The summed E-state index contributed by atoms with van der Waals surface area (Å²) in [6.07, 6.45) is 5.28. The molecule has 0 unspecified atom stereocenters. The van der Waals surface area contributed by atoms with Gasteiger partial charge in [0.2, 0.25) is 0 Å². The first kappa shape index (κ1) is 14.5. The van der Waals surface area contributed by atoms with Crippen LogP contribution in [0.3, 0.4) is 0 Å². The zero-order chi connectivity index (χ0) is 17.7. The van der Waals surface area contributed by atoms with Crippen molar-refractivity contribution in [3.63, 3.8) is 0 Å². The summed E-state index contributed by atoms with van der Waals surface area (Å²) in [7, 11) is 0. The Morgan fingerprint density at radius 1 is 1.08 bits per heavy atom. The smallest absolute Gasteiger partial charge is 0.182 e. The van der Waals surface area contributed by atoms with Gasteiger partial charge in [0, 0.05) is 29.5 Å². The van der Waals surface area contributed by atoms with Gasteiger partial charge in [-0.05, 0) is 25.1 Å². The number of rotatable bonds is 2. The Balaban J connectivity index is 1.81. The fourth-order valence-corrected chi connectivity index (χ4v) is 3.00. The average Bonchev–Trinajstić information content (AvgIpc) is 3.27. The highest BCUT2D eigenvalue weighted by Gasteiger charge is 2.16. The minimum atomic E-state index is 0.449. The van der Waals surface area contributed by atoms with Crippen molar-refractivity contribution in [1.29, 1.82) is 0 Å². The van der Waals surface area contributed by atoms with Crippen LogP contribution in [0.15, 0.2) is 49.1 Å². The zero-order valence-corrected chi connectivity index (χ0v) is 13.9. The van der Waals surface area contributed by atoms with E-state index < -0.39 is 0 Å². The number of pyridine rings is 2. The van der Waals surface area contributed by atoms with E-state index in [2.05, 4.69) is 24.9 Å². The molecule has 0 amide bonds. The van der Waals surface area contributed by atoms with Crippen molar-refractivity contribution in [3.05, 3.63) is 54.7 Å². The molecule has 0 aliphatic carbocycles. The number of aromatic amines is 1. The van der Waals surface area contributed by atoms with Crippen LogP contribution in [-0.2, 0) is 0 Å². The molecule has 0 radical (unpaired) electrons. The van der Waals surface area contributed by atoms with E-state index in [1.54, 1.807) is 12.5 Å². The minimum absolute atomic E-state index is 0.449. The van der Waals surface area contributed by atoms with Crippen LogP contribution < -0.4 is 5.73 Å². The van der Waals surface area contributed by atoms with Gasteiger partial charge in [-0.3, -0.25) is 4.57 Å². The molecule has 0 atom stereocenters. The van der Waals surface area contributed by atoms with Crippen LogP contribution in [0, 0.1) is 6.92 Å². The monoisotopic (exact) mass is 342 g/mol. The van der Waals surface area contributed by atoms with Crippen LogP contribution in [0.5, 0.6) is 0 Å². The summed E-state index contributed by atoms with van der Waals surface area (Å²) in [6.45, 7) is 1.94. The maximum absolute atomic E-state index is 5.87. The van der Waals surface area contributed by atoms with E-state index in [0.717, 1.165) is 16.6 Å². The highest BCUT2D eigenvalue weighted by Crippen LogP contribution is 2.26. The average molecular weight is 342 g/mol. The molecule has 0 spiro atoms. The number of nitrogens with one attached hydrogen (secondary N) is 1. The standard InChI is InChI=1S/C18H14N8/c1-10-3-2-4-12(23-10)16-24-17-15(21-9-22-17)18(25-16)26-6-5-11-8-20-14(19)7-13(11)26/h2-9H,1H3,(H2,19,20)(H,21,22,24,25). The van der Waals surface area contributed by atoms with Gasteiger partial charge in [-0.2, -0.15) is 0 Å². The number of aromatic nitrogens is 7. The normalized spacial score (nSPS) is 11.4. The molecule has 3 N–H and O–H groups in total. The molecule has 5 rings (SSSR count). The quantitative estimate of drug-likeness (QED) is 0.510. The van der Waals surface area contributed by atoms with Crippen molar-refractivity contribution in [3.8, 4) is 17.3 Å². The van der Waals surface area contributed by atoms with Crippen molar-refractivity contribution >= 4 is 27.9 Å². The summed E-state index contributed by atoms with van der Waals surface area (Å²) >= 11 is 0. The second-order valence-corrected chi connectivity index (χ2v) is 5.99. The van der Waals surface area contributed by atoms with Crippen LogP contribution in [0.2, 0.25) is 0 Å². The maximum Gasteiger partial charge on any atom is 0.182 e. The van der Waals surface area contributed by atoms with Crippen molar-refractivity contribution in [2.24, 2.45) is 0 Å². The fourth-order valence-electron chi connectivity index (χ4n) is 3.00. The molecular weight excluding hydrogens is 328 g/mol. The molecule has 0 saturated carbocycles. The number of imidazole rings is 1. The first-order valence-corrected chi connectivity index (χ1v) is 8.07. The molecule has 5 aromatic rings. The van der Waals surface area contributed by atoms with E-state index in [1.165, 1.54) is 0 Å². The Labute approximate surface area is 147 Å². The second kappa shape index (κ2) is 5.35. The SMILES string of the molecule is Cc1cccc(-c2nc(-n3ccc4cnc(N)cc43)c3nc[nH]c3n2)n1. The van der Waals surface area contributed by atoms with E-state index in [4.69, 9.17) is 10.7 Å². The largest absolute Gasteiger partial charge is 0.384 e. The summed E-state index contributed by atoms with van der Waals surface area (Å²) in [5.74, 6) is 1.64. The number of hydrogen-bond acceptors (Lipinski definition) is 6. The van der Waals surface area contributed by atoms with E-state index in [9.17, 15) is 0 Å². The number of hydrogen-bond donors (Lipinski definition) is 2. The highest BCUT2D eigenvalue weighted by molar-refractivity contribution is 5.87. The molecule has 8 nitrogen and oxygen atoms in total. The number of H-pyrrole nitrogens is 1. The van der Waals surface area contributed by atoms with Crippen LogP contribution in [0.4, 0.5) is 5.82 Å². The first-order chi connectivity index (χ1) is 12.7. The van der Waals surface area contributed by atoms with Crippen LogP contribution in [-0.4, -0.2) is 34.5 Å². The molecule has 0 aromatic carbocycles. The number of fused-ring (bicyclic) bond motifs is 2. The summed E-state index contributed by atoms with van der Waals surface area (Å²) < 4.78 is 1.94. The van der Waals surface area contributed by atoms with Gasteiger partial charge in [0.15, 0.2) is 22.8 Å². The Kier molecular flexibility index (Phi) is 2.99. The van der Waals surface area contributed by atoms with Gasteiger partial charge >= 0.3 is 0 Å². The lowest BCUT2D eigenvalue weighted by atomic mass is 10.3. The number of nitrogens with two attached hydrogens (primary N) is 1. The summed E-state index contributed by atoms with van der Waals surface area (Å²) in [6, 6.07) is 9.56. The van der Waals surface area contributed by atoms with Gasteiger partial charge in [-0.15, -0.1) is 0 Å². The van der Waals surface area contributed by atoms with Gasteiger partial charge in [-0.1, -0.05) is 6.07 Å². The zero-order valence-electron chi connectivity index (χ0n) is 13.9. The van der Waals surface area contributed by atoms with Crippen LogP contribution in [0.1, 0.15) is 5.69 Å². The third-order valence-electron chi connectivity index (χ3n) is 4.20. The summed E-state index contributed by atoms with van der Waals surface area (Å²) in [4.78, 5) is 25.5. The molecule has 5 aromatic heterocycles. The van der Waals surface area contributed by atoms with E-state index in [-0.39, 0.29) is 0 Å². The number of nitrogen functional groups attached to an aromatic ring is 1. The van der Waals surface area contributed by atoms with E-state index in [0.29, 0.717) is 34.3 Å². The Morgan fingerprint density at radius 3 is 2.88 bits per heavy atom. The molecule has 0 fully saturated rings. The fraction of sp³-hybridized carbons (Fsp3) is 0.0556. The molecule has 0 bridgehead atoms. The highest BCUT2D eigenvalue weighted by atomic mass is 15.1. The number of aryl methyl sites for hydroxylation is 1. The third-order valence-corrected chi connectivity index (χ3v) is 4.20. The van der Waals surface area contributed by atoms with Crippen LogP contribution >= 0.6 is 0 Å². The van der Waals surface area contributed by atoms with Crippen molar-refractivity contribution < 1.29 is 0 Å². The van der Waals surface area contributed by atoms with Crippen molar-refractivity contribution in [2.45, 2.75) is 6.92 Å². The van der Waals surface area contributed by atoms with Crippen molar-refractivity contribution in [1.82, 2.24) is 34.5 Å². The number of nitrogens with zero attached hydrogens (tertiary/aromatic N) is 6. The lowest BCUT2D eigenvalue weighted by molar-refractivity contribution is 1.03. The van der Waals surface area contributed by atoms with Gasteiger partial charge < -0.3 is 10.7 Å². The number of anilines is 1. The Morgan fingerprint density at radius 2 is 2.00 bits per heavy atom. The second-order valence-electron chi connectivity index (χ2n) is 5.99. The lowest BCUT2D eigenvalue weighted by Crippen LogP contribution is -2.03. The molecule has 126 valence electrons. The third kappa shape index (κ3) is 2.20. The Hall–Kier alpha value is -3.81. The van der Waals surface area contributed by atoms with E-state index >= 15 is 0 Å². The molecule has 5 heterocycles. The summed E-state index contributed by atoms with van der Waals surface area (Å²) in [5, 5.41) is 0.969. The van der Waals surface area contributed by atoms with Gasteiger partial charge in [0.1, 0.15) is 11.5 Å². The summed E-state index contributed by atoms with van der Waals surface area (Å²) in [5.41, 5.74) is 9.72. The van der Waals surface area contributed by atoms with Crippen molar-refractivity contribution in [2.75, 3.05) is 5.73 Å². The molecular formula is C18H14N8. The molecule has 26 heavy (non-hydrogen) atoms. The predicted octanol–water partition coefficient (Wildman–Crippen LogP) is 2.64. The molecule has 8 heteroatoms. The first-order valence-electron chi connectivity index (χ1n) is 8.07. The molecule has 0 aliphatic heterocycles. The van der Waals surface area contributed by atoms with Gasteiger partial charge in [0.05, 0.1) is 11.8 Å². The maximum atomic E-state index is 5.87. The van der Waals surface area contributed by atoms with Gasteiger partial charge in [0.25, 0.3) is 0 Å². The minimum Gasteiger partial charge on any atom is -0.384 e.